The molecule has 1 aliphatic carbocycles. The Hall–Kier alpha value is -1.88. The molecule has 5 heteroatoms. The number of nitrogens with one attached hydrogen (secondary N) is 1. The molecule has 1 atom stereocenters. The molecule has 2 fully saturated rings. The van der Waals surface area contributed by atoms with Crippen LogP contribution >= 0.6 is 0 Å². The Morgan fingerprint density at radius 1 is 1.15 bits per heavy atom. The molecule has 1 unspecified atom stereocenters. The van der Waals surface area contributed by atoms with Gasteiger partial charge >= 0.3 is 0 Å². The predicted octanol–water partition coefficient (Wildman–Crippen LogP) is 3.70. The van der Waals surface area contributed by atoms with Gasteiger partial charge in [0.2, 0.25) is 5.91 Å². The van der Waals surface area contributed by atoms with E-state index < -0.39 is 0 Å². The van der Waals surface area contributed by atoms with E-state index in [9.17, 15) is 4.79 Å². The number of piperidine rings is 1. The molecule has 0 bridgehead atoms. The first-order chi connectivity index (χ1) is 12.8. The highest BCUT2D eigenvalue weighted by molar-refractivity contribution is 5.78. The van der Waals surface area contributed by atoms with Crippen LogP contribution in [0.4, 0.5) is 0 Å². The number of fused-ring (bicyclic) bond motifs is 1. The van der Waals surface area contributed by atoms with Gasteiger partial charge in [-0.1, -0.05) is 31.4 Å². The number of para-hydroxylation sites is 2. The maximum Gasteiger partial charge on any atom is 0.234 e. The first-order valence-electron chi connectivity index (χ1n) is 10.1. The molecule has 1 aromatic heterocycles. The van der Waals surface area contributed by atoms with Gasteiger partial charge in [0.05, 0.1) is 6.54 Å². The number of benzene rings is 1. The molecule has 1 saturated carbocycles. The molecule has 4 rings (SSSR count). The Bertz CT molecular complexity index is 703. The second kappa shape index (κ2) is 8.21. The van der Waals surface area contributed by atoms with Crippen molar-refractivity contribution in [2.24, 2.45) is 5.92 Å². The monoisotopic (exact) mass is 355 g/mol. The summed E-state index contributed by atoms with van der Waals surface area (Å²) in [5, 5.41) is 3.16. The molecular formula is C21H29N3O2. The average Bonchev–Trinajstić information content (AvgIpc) is 3.12. The van der Waals surface area contributed by atoms with Crippen LogP contribution in [0.5, 0.6) is 0 Å². The second-order valence-electron chi connectivity index (χ2n) is 7.90. The highest BCUT2D eigenvalue weighted by Gasteiger charge is 2.26. The van der Waals surface area contributed by atoms with Crippen LogP contribution in [0.1, 0.15) is 56.8 Å². The Labute approximate surface area is 155 Å². The van der Waals surface area contributed by atoms with Crippen molar-refractivity contribution >= 4 is 17.0 Å². The lowest BCUT2D eigenvalue weighted by atomic mass is 9.89. The molecule has 140 valence electrons. The lowest BCUT2D eigenvalue weighted by Gasteiger charge is -2.31. The summed E-state index contributed by atoms with van der Waals surface area (Å²) >= 11 is 0. The fraction of sp³-hybridized carbons (Fsp3) is 0.619. The number of hydrogen-bond donors (Lipinski definition) is 1. The van der Waals surface area contributed by atoms with E-state index in [0.29, 0.717) is 12.5 Å². The molecule has 5 nitrogen and oxygen atoms in total. The molecule has 1 saturated heterocycles. The fourth-order valence-corrected chi connectivity index (χ4v) is 4.37. The minimum Gasteiger partial charge on any atom is -0.440 e. The van der Waals surface area contributed by atoms with Crippen LogP contribution in [0.15, 0.2) is 28.7 Å². The molecule has 1 amide bonds. The van der Waals surface area contributed by atoms with E-state index in [0.717, 1.165) is 49.5 Å². The molecule has 2 aliphatic rings. The van der Waals surface area contributed by atoms with Gasteiger partial charge < -0.3 is 9.73 Å². The highest BCUT2D eigenvalue weighted by Crippen LogP contribution is 2.29. The quantitative estimate of drug-likeness (QED) is 0.888. The summed E-state index contributed by atoms with van der Waals surface area (Å²) in [6.45, 7) is 3.17. The Morgan fingerprint density at radius 3 is 2.85 bits per heavy atom. The molecule has 1 N–H and O–H groups in total. The van der Waals surface area contributed by atoms with Crippen molar-refractivity contribution < 1.29 is 9.21 Å². The summed E-state index contributed by atoms with van der Waals surface area (Å²) in [6, 6.07) is 7.91. The Morgan fingerprint density at radius 2 is 2.00 bits per heavy atom. The van der Waals surface area contributed by atoms with E-state index >= 15 is 0 Å². The number of aromatic nitrogens is 1. The van der Waals surface area contributed by atoms with Crippen molar-refractivity contribution in [3.05, 3.63) is 30.2 Å². The average molecular weight is 355 g/mol. The van der Waals surface area contributed by atoms with Crippen molar-refractivity contribution in [2.75, 3.05) is 26.2 Å². The standard InChI is InChI=1S/C21H29N3O2/c25-20(22-13-16-7-2-1-3-8-16)15-24-12-6-9-17(14-24)21-23-18-10-4-5-11-19(18)26-21/h4-5,10-11,16-17H,1-3,6-9,12-15H2,(H,22,25). The van der Waals surface area contributed by atoms with Gasteiger partial charge in [-0.15, -0.1) is 0 Å². The first kappa shape index (κ1) is 17.5. The van der Waals surface area contributed by atoms with Gasteiger partial charge in [0, 0.05) is 19.0 Å². The van der Waals surface area contributed by atoms with Crippen LogP contribution < -0.4 is 5.32 Å². The number of likely N-dealkylation sites (tertiary alicyclic amines) is 1. The van der Waals surface area contributed by atoms with E-state index in [1.807, 2.05) is 24.3 Å². The summed E-state index contributed by atoms with van der Waals surface area (Å²) in [5.74, 6) is 1.94. The van der Waals surface area contributed by atoms with Crippen molar-refractivity contribution in [3.63, 3.8) is 0 Å². The van der Waals surface area contributed by atoms with E-state index in [-0.39, 0.29) is 11.8 Å². The van der Waals surface area contributed by atoms with Crippen LogP contribution in [-0.2, 0) is 4.79 Å². The first-order valence-corrected chi connectivity index (χ1v) is 10.1. The normalized spacial score (nSPS) is 22.5. The van der Waals surface area contributed by atoms with Crippen LogP contribution in [0.3, 0.4) is 0 Å². The summed E-state index contributed by atoms with van der Waals surface area (Å²) in [5.41, 5.74) is 1.77. The second-order valence-corrected chi connectivity index (χ2v) is 7.90. The number of carbonyl (C=O) groups excluding carboxylic acids is 1. The maximum absolute atomic E-state index is 12.3. The third kappa shape index (κ3) is 4.26. The third-order valence-corrected chi connectivity index (χ3v) is 5.85. The molecule has 1 aliphatic heterocycles. The van der Waals surface area contributed by atoms with Gasteiger partial charge in [0.25, 0.3) is 0 Å². The van der Waals surface area contributed by atoms with E-state index in [4.69, 9.17) is 4.42 Å². The van der Waals surface area contributed by atoms with Gasteiger partial charge in [-0.05, 0) is 50.3 Å². The van der Waals surface area contributed by atoms with Crippen molar-refractivity contribution in [2.45, 2.75) is 50.9 Å². The minimum absolute atomic E-state index is 0.161. The number of nitrogens with zero attached hydrogens (tertiary/aromatic N) is 2. The molecule has 0 radical (unpaired) electrons. The zero-order valence-corrected chi connectivity index (χ0v) is 15.5. The van der Waals surface area contributed by atoms with Gasteiger partial charge in [-0.3, -0.25) is 9.69 Å². The number of hydrogen-bond acceptors (Lipinski definition) is 4. The number of oxazole rings is 1. The van der Waals surface area contributed by atoms with Crippen molar-refractivity contribution in [1.82, 2.24) is 15.2 Å². The lowest BCUT2D eigenvalue weighted by Crippen LogP contribution is -2.43. The predicted molar refractivity (Wildman–Crippen MR) is 102 cm³/mol. The smallest absolute Gasteiger partial charge is 0.234 e. The lowest BCUT2D eigenvalue weighted by molar-refractivity contribution is -0.122. The fourth-order valence-electron chi connectivity index (χ4n) is 4.37. The Balaban J connectivity index is 1.29. The molecule has 26 heavy (non-hydrogen) atoms. The molecule has 2 heterocycles. The summed E-state index contributed by atoms with van der Waals surface area (Å²) in [7, 11) is 0. The summed E-state index contributed by atoms with van der Waals surface area (Å²) in [6.07, 6.45) is 8.69. The Kier molecular flexibility index (Phi) is 5.54. The topological polar surface area (TPSA) is 58.4 Å². The van der Waals surface area contributed by atoms with Crippen molar-refractivity contribution in [1.29, 1.82) is 0 Å². The minimum atomic E-state index is 0.161. The van der Waals surface area contributed by atoms with Gasteiger partial charge in [0.1, 0.15) is 5.52 Å². The summed E-state index contributed by atoms with van der Waals surface area (Å²) < 4.78 is 5.95. The van der Waals surface area contributed by atoms with Crippen molar-refractivity contribution in [3.8, 4) is 0 Å². The van der Waals surface area contributed by atoms with E-state index in [1.54, 1.807) is 0 Å². The SMILES string of the molecule is O=C(CN1CCCC(c2nc3ccccc3o2)C1)NCC1CCCCC1. The number of carbonyl (C=O) groups is 1. The zero-order chi connectivity index (χ0) is 17.8. The summed E-state index contributed by atoms with van der Waals surface area (Å²) in [4.78, 5) is 19.2. The molecule has 2 aromatic rings. The number of rotatable bonds is 5. The zero-order valence-electron chi connectivity index (χ0n) is 15.5. The van der Waals surface area contributed by atoms with Gasteiger partial charge in [0.15, 0.2) is 11.5 Å². The highest BCUT2D eigenvalue weighted by atomic mass is 16.3. The molecule has 0 spiro atoms. The largest absolute Gasteiger partial charge is 0.440 e. The molecular weight excluding hydrogens is 326 g/mol. The van der Waals surface area contributed by atoms with Crippen LogP contribution in [0.25, 0.3) is 11.1 Å². The van der Waals surface area contributed by atoms with Gasteiger partial charge in [-0.2, -0.15) is 0 Å². The van der Waals surface area contributed by atoms with Crippen LogP contribution in [-0.4, -0.2) is 42.0 Å². The van der Waals surface area contributed by atoms with E-state index in [1.165, 1.54) is 32.1 Å². The maximum atomic E-state index is 12.3. The molecule has 1 aromatic carbocycles. The van der Waals surface area contributed by atoms with Crippen LogP contribution in [0.2, 0.25) is 0 Å². The number of amides is 1. The third-order valence-electron chi connectivity index (χ3n) is 5.85. The van der Waals surface area contributed by atoms with Crippen LogP contribution in [0, 0.1) is 5.92 Å². The van der Waals surface area contributed by atoms with E-state index in [2.05, 4.69) is 15.2 Å². The van der Waals surface area contributed by atoms with Gasteiger partial charge in [-0.25, -0.2) is 4.98 Å².